The molecule has 0 bridgehead atoms. The Morgan fingerprint density at radius 1 is 1.17 bits per heavy atom. The first-order valence-corrected chi connectivity index (χ1v) is 9.34. The zero-order valence-electron chi connectivity index (χ0n) is 12.3. The van der Waals surface area contributed by atoms with Crippen LogP contribution in [0.4, 0.5) is 4.39 Å². The Balaban J connectivity index is 1.88. The summed E-state index contributed by atoms with van der Waals surface area (Å²) in [7, 11) is -3.91. The van der Waals surface area contributed by atoms with Gasteiger partial charge in [-0.25, -0.2) is 17.5 Å². The fourth-order valence-electron chi connectivity index (χ4n) is 2.22. The van der Waals surface area contributed by atoms with Gasteiger partial charge in [0.1, 0.15) is 11.6 Å². The van der Waals surface area contributed by atoms with E-state index in [1.807, 2.05) is 0 Å². The van der Waals surface area contributed by atoms with Crippen molar-refractivity contribution in [1.82, 2.24) is 4.72 Å². The van der Waals surface area contributed by atoms with Gasteiger partial charge in [-0.2, -0.15) is 0 Å². The molecule has 2 heterocycles. The first-order chi connectivity index (χ1) is 11.4. The molecule has 1 atom stereocenters. The summed E-state index contributed by atoms with van der Waals surface area (Å²) in [5.74, 6) is -0.300. The van der Waals surface area contributed by atoms with Crippen LogP contribution in [0.5, 0.6) is 0 Å². The number of thiophene rings is 1. The molecule has 0 spiro atoms. The van der Waals surface area contributed by atoms with Crippen molar-refractivity contribution in [2.24, 2.45) is 0 Å². The molecular weight excluding hydrogens is 353 g/mol. The number of halogens is 1. The van der Waals surface area contributed by atoms with Crippen molar-refractivity contribution >= 4 is 21.4 Å². The van der Waals surface area contributed by atoms with Gasteiger partial charge in [0.2, 0.25) is 10.0 Å². The molecule has 24 heavy (non-hydrogen) atoms. The highest BCUT2D eigenvalue weighted by atomic mass is 32.2. The number of aliphatic hydroxyl groups is 1. The van der Waals surface area contributed by atoms with Crippen molar-refractivity contribution in [1.29, 1.82) is 0 Å². The van der Waals surface area contributed by atoms with Gasteiger partial charge in [0, 0.05) is 4.88 Å². The summed E-state index contributed by atoms with van der Waals surface area (Å²) in [5.41, 5.74) is -1.63. The summed E-state index contributed by atoms with van der Waals surface area (Å²) in [5, 5.41) is 12.8. The van der Waals surface area contributed by atoms with Gasteiger partial charge in [-0.1, -0.05) is 6.07 Å². The van der Waals surface area contributed by atoms with Crippen LogP contribution in [-0.4, -0.2) is 20.1 Å². The van der Waals surface area contributed by atoms with E-state index in [0.29, 0.717) is 4.88 Å². The topological polar surface area (TPSA) is 79.5 Å². The van der Waals surface area contributed by atoms with Crippen LogP contribution in [0.1, 0.15) is 10.6 Å². The molecule has 0 aliphatic carbocycles. The van der Waals surface area contributed by atoms with Gasteiger partial charge in [0.15, 0.2) is 5.60 Å². The molecule has 0 aliphatic rings. The third kappa shape index (κ3) is 3.27. The standard InChI is InChI=1S/C16H14FNO4S2/c17-12-5-7-13(8-6-12)24(20,21)18-11-16(19,14-3-1-9-22-14)15-4-2-10-23-15/h1-10,18-19H,11H2. The maximum absolute atomic E-state index is 13.0. The van der Waals surface area contributed by atoms with E-state index >= 15 is 0 Å². The predicted molar refractivity (Wildman–Crippen MR) is 87.6 cm³/mol. The smallest absolute Gasteiger partial charge is 0.240 e. The lowest BCUT2D eigenvalue weighted by atomic mass is 9.99. The van der Waals surface area contributed by atoms with Crippen LogP contribution >= 0.6 is 11.3 Å². The van der Waals surface area contributed by atoms with E-state index in [1.165, 1.54) is 17.6 Å². The third-order valence-electron chi connectivity index (χ3n) is 3.50. The molecule has 0 aliphatic heterocycles. The summed E-state index contributed by atoms with van der Waals surface area (Å²) >= 11 is 1.28. The Kier molecular flexibility index (Phi) is 4.55. The quantitative estimate of drug-likeness (QED) is 0.702. The van der Waals surface area contributed by atoms with Crippen molar-refractivity contribution in [2.75, 3.05) is 6.54 Å². The number of rotatable bonds is 6. The molecule has 1 aromatic carbocycles. The molecular formula is C16H14FNO4S2. The van der Waals surface area contributed by atoms with Gasteiger partial charge in [-0.05, 0) is 47.8 Å². The summed E-state index contributed by atoms with van der Waals surface area (Å²) in [6.07, 6.45) is 1.41. The Bertz CT molecular complexity index is 854. The maximum Gasteiger partial charge on any atom is 0.240 e. The molecule has 8 heteroatoms. The van der Waals surface area contributed by atoms with E-state index in [-0.39, 0.29) is 17.2 Å². The maximum atomic E-state index is 13.0. The highest BCUT2D eigenvalue weighted by Gasteiger charge is 2.37. The van der Waals surface area contributed by atoms with Gasteiger partial charge in [0.25, 0.3) is 0 Å². The number of sulfonamides is 1. The fourth-order valence-corrected chi connectivity index (χ4v) is 4.11. The lowest BCUT2D eigenvalue weighted by Crippen LogP contribution is -2.40. The molecule has 0 saturated carbocycles. The average molecular weight is 367 g/mol. The minimum atomic E-state index is -3.91. The molecule has 126 valence electrons. The second-order valence-electron chi connectivity index (χ2n) is 5.09. The summed E-state index contributed by atoms with van der Waals surface area (Å²) < 4.78 is 45.3. The second-order valence-corrected chi connectivity index (χ2v) is 7.81. The SMILES string of the molecule is O=S(=O)(NCC(O)(c1ccco1)c1cccs1)c1ccc(F)cc1. The number of hydrogen-bond acceptors (Lipinski definition) is 5. The van der Waals surface area contributed by atoms with Gasteiger partial charge < -0.3 is 9.52 Å². The lowest BCUT2D eigenvalue weighted by Gasteiger charge is -2.25. The minimum absolute atomic E-state index is 0.0862. The molecule has 3 rings (SSSR count). The van der Waals surface area contributed by atoms with Crippen LogP contribution in [0.3, 0.4) is 0 Å². The average Bonchev–Trinajstić information content (AvgIpc) is 3.26. The Morgan fingerprint density at radius 3 is 2.50 bits per heavy atom. The van der Waals surface area contributed by atoms with Gasteiger partial charge in [-0.15, -0.1) is 11.3 Å². The molecule has 1 unspecified atom stereocenters. The summed E-state index contributed by atoms with van der Waals surface area (Å²) in [6, 6.07) is 11.1. The van der Waals surface area contributed by atoms with Crippen LogP contribution in [0.15, 0.2) is 69.5 Å². The van der Waals surface area contributed by atoms with E-state index < -0.39 is 21.4 Å². The van der Waals surface area contributed by atoms with Crippen LogP contribution in [0.2, 0.25) is 0 Å². The van der Waals surface area contributed by atoms with Gasteiger partial charge in [0.05, 0.1) is 17.7 Å². The zero-order chi connectivity index (χ0) is 17.2. The molecule has 0 fully saturated rings. The Hall–Kier alpha value is -2.00. The van der Waals surface area contributed by atoms with Crippen LogP contribution in [-0.2, 0) is 15.6 Å². The number of nitrogens with one attached hydrogen (secondary N) is 1. The van der Waals surface area contributed by atoms with E-state index in [0.717, 1.165) is 24.3 Å². The van der Waals surface area contributed by atoms with Crippen molar-refractivity contribution in [3.05, 3.63) is 76.6 Å². The minimum Gasteiger partial charge on any atom is -0.466 e. The predicted octanol–water partition coefficient (Wildman–Crippen LogP) is 2.69. The van der Waals surface area contributed by atoms with Crippen molar-refractivity contribution in [3.63, 3.8) is 0 Å². The Morgan fingerprint density at radius 2 is 1.92 bits per heavy atom. The summed E-state index contributed by atoms with van der Waals surface area (Å²) in [4.78, 5) is 0.455. The van der Waals surface area contributed by atoms with E-state index in [2.05, 4.69) is 4.72 Å². The largest absolute Gasteiger partial charge is 0.466 e. The lowest BCUT2D eigenvalue weighted by molar-refractivity contribution is 0.0655. The molecule has 2 N–H and O–H groups in total. The first-order valence-electron chi connectivity index (χ1n) is 6.97. The normalized spacial score (nSPS) is 14.4. The zero-order valence-corrected chi connectivity index (χ0v) is 14.0. The second kappa shape index (κ2) is 6.48. The van der Waals surface area contributed by atoms with Crippen LogP contribution in [0.25, 0.3) is 0 Å². The highest BCUT2D eigenvalue weighted by Crippen LogP contribution is 2.33. The molecule has 5 nitrogen and oxygen atoms in total. The number of hydrogen-bond donors (Lipinski definition) is 2. The molecule has 2 aromatic heterocycles. The monoisotopic (exact) mass is 367 g/mol. The van der Waals surface area contributed by atoms with Crippen molar-refractivity contribution < 1.29 is 22.3 Å². The van der Waals surface area contributed by atoms with Crippen LogP contribution < -0.4 is 4.72 Å². The molecule has 0 saturated heterocycles. The van der Waals surface area contributed by atoms with Crippen LogP contribution in [0, 0.1) is 5.82 Å². The number of furan rings is 1. The van der Waals surface area contributed by atoms with Gasteiger partial charge >= 0.3 is 0 Å². The first kappa shape index (κ1) is 16.8. The van der Waals surface area contributed by atoms with E-state index in [9.17, 15) is 17.9 Å². The van der Waals surface area contributed by atoms with E-state index in [1.54, 1.807) is 29.6 Å². The van der Waals surface area contributed by atoms with Crippen molar-refractivity contribution in [3.8, 4) is 0 Å². The third-order valence-corrected chi connectivity index (χ3v) is 5.94. The van der Waals surface area contributed by atoms with Gasteiger partial charge in [-0.3, -0.25) is 0 Å². The van der Waals surface area contributed by atoms with E-state index in [4.69, 9.17) is 4.42 Å². The molecule has 0 amide bonds. The Labute approximate surface area is 142 Å². The number of benzene rings is 1. The summed E-state index contributed by atoms with van der Waals surface area (Å²) in [6.45, 7) is -0.319. The fraction of sp³-hybridized carbons (Fsp3) is 0.125. The molecule has 0 radical (unpaired) electrons. The van der Waals surface area contributed by atoms with Crippen molar-refractivity contribution in [2.45, 2.75) is 10.5 Å². The highest BCUT2D eigenvalue weighted by molar-refractivity contribution is 7.89. The molecule has 3 aromatic rings.